The largest absolute Gasteiger partial charge is 0.461 e. The zero-order valence-electron chi connectivity index (χ0n) is 24.5. The third kappa shape index (κ3) is 9.70. The van der Waals surface area contributed by atoms with Gasteiger partial charge in [-0.3, -0.25) is 9.59 Å². The molecule has 41 heavy (non-hydrogen) atoms. The molecule has 8 nitrogen and oxygen atoms in total. The van der Waals surface area contributed by atoms with Gasteiger partial charge in [-0.15, -0.1) is 0 Å². The molecular weight excluding hydrogens is 590 g/mol. The number of unbranched alkanes of at least 4 members (excludes halogenated alkanes) is 7. The number of hydrogen-bond acceptors (Lipinski definition) is 7. The van der Waals surface area contributed by atoms with Crippen LogP contribution in [0.25, 0.3) is 0 Å². The van der Waals surface area contributed by atoms with Gasteiger partial charge in [0.2, 0.25) is 5.91 Å². The van der Waals surface area contributed by atoms with Crippen LogP contribution in [-0.4, -0.2) is 47.2 Å². The average Bonchev–Trinajstić information content (AvgIpc) is 3.52. The highest BCUT2D eigenvalue weighted by atomic mass is 79.9. The number of halogens is 1. The fraction of sp³-hybridized carbons (Fsp3) is 0.594. The number of imide groups is 1. The molecule has 0 saturated carbocycles. The van der Waals surface area contributed by atoms with Gasteiger partial charge in [-0.05, 0) is 52.7 Å². The van der Waals surface area contributed by atoms with Crippen LogP contribution in [0.15, 0.2) is 45.3 Å². The smallest absolute Gasteiger partial charge is 0.416 e. The summed E-state index contributed by atoms with van der Waals surface area (Å²) in [6, 6.07) is 10.8. The summed E-state index contributed by atoms with van der Waals surface area (Å²) in [5.41, 5.74) is 0.874. The van der Waals surface area contributed by atoms with E-state index in [9.17, 15) is 14.4 Å². The molecule has 3 atom stereocenters. The molecule has 1 aromatic heterocycles. The second-order valence-electron chi connectivity index (χ2n) is 11.1. The highest BCUT2D eigenvalue weighted by Crippen LogP contribution is 2.37. The molecule has 3 unspecified atom stereocenters. The van der Waals surface area contributed by atoms with E-state index in [4.69, 9.17) is 19.0 Å². The van der Waals surface area contributed by atoms with Gasteiger partial charge in [-0.25, -0.2) is 9.69 Å². The van der Waals surface area contributed by atoms with Gasteiger partial charge < -0.3 is 19.0 Å². The highest BCUT2D eigenvalue weighted by molar-refractivity contribution is 9.10. The summed E-state index contributed by atoms with van der Waals surface area (Å²) >= 11 is 3.60. The SMILES string of the molecule is CC(=O)OC(c1cc(Br)c(CCCCCCCCCCO)o1)C(Cc1ccccc1)C(=O)N1C(=O)OCC1C(C)C. The van der Waals surface area contributed by atoms with E-state index in [2.05, 4.69) is 15.9 Å². The third-order valence-electron chi connectivity index (χ3n) is 7.56. The first-order valence-corrected chi connectivity index (χ1v) is 15.6. The van der Waals surface area contributed by atoms with Crippen LogP contribution in [0.2, 0.25) is 0 Å². The molecule has 0 radical (unpaired) electrons. The number of furan rings is 1. The first-order valence-electron chi connectivity index (χ1n) is 14.8. The number of aryl methyl sites for hydroxylation is 1. The van der Waals surface area contributed by atoms with E-state index in [1.165, 1.54) is 24.7 Å². The van der Waals surface area contributed by atoms with Crippen molar-refractivity contribution in [1.82, 2.24) is 4.90 Å². The number of aliphatic hydroxyl groups excluding tert-OH is 1. The molecule has 1 saturated heterocycles. The molecule has 9 heteroatoms. The van der Waals surface area contributed by atoms with Crippen LogP contribution in [0.3, 0.4) is 0 Å². The fourth-order valence-corrected chi connectivity index (χ4v) is 5.77. The lowest BCUT2D eigenvalue weighted by atomic mass is 9.90. The minimum atomic E-state index is -1.02. The molecule has 0 aliphatic carbocycles. The van der Waals surface area contributed by atoms with Crippen molar-refractivity contribution in [3.05, 3.63) is 58.0 Å². The number of cyclic esters (lactones) is 1. The van der Waals surface area contributed by atoms with Crippen molar-refractivity contribution in [2.75, 3.05) is 13.2 Å². The number of aliphatic hydroxyl groups is 1. The van der Waals surface area contributed by atoms with E-state index in [0.29, 0.717) is 12.2 Å². The fourth-order valence-electron chi connectivity index (χ4n) is 5.26. The number of carbonyl (C=O) groups is 3. The van der Waals surface area contributed by atoms with Gasteiger partial charge in [0, 0.05) is 20.0 Å². The van der Waals surface area contributed by atoms with E-state index in [0.717, 1.165) is 54.3 Å². The predicted molar refractivity (Wildman–Crippen MR) is 159 cm³/mol. The normalized spacial score (nSPS) is 16.6. The Labute approximate surface area is 251 Å². The zero-order valence-corrected chi connectivity index (χ0v) is 26.1. The Kier molecular flexibility index (Phi) is 13.4. The molecule has 1 N–H and O–H groups in total. The van der Waals surface area contributed by atoms with E-state index in [-0.39, 0.29) is 25.6 Å². The predicted octanol–water partition coefficient (Wildman–Crippen LogP) is 7.16. The van der Waals surface area contributed by atoms with Crippen molar-refractivity contribution < 1.29 is 33.4 Å². The monoisotopic (exact) mass is 633 g/mol. The number of ether oxygens (including phenoxy) is 2. The summed E-state index contributed by atoms with van der Waals surface area (Å²) in [6.07, 6.45) is 7.87. The molecule has 226 valence electrons. The Morgan fingerprint density at radius 1 is 1.05 bits per heavy atom. The van der Waals surface area contributed by atoms with Crippen LogP contribution in [0.4, 0.5) is 4.79 Å². The van der Waals surface area contributed by atoms with Crippen LogP contribution < -0.4 is 0 Å². The van der Waals surface area contributed by atoms with Crippen LogP contribution in [0.1, 0.15) is 95.3 Å². The number of hydrogen-bond donors (Lipinski definition) is 1. The minimum absolute atomic E-state index is 0.000138. The lowest BCUT2D eigenvalue weighted by molar-refractivity contribution is -0.155. The molecule has 1 aromatic carbocycles. The molecule has 3 rings (SSSR count). The first-order chi connectivity index (χ1) is 19.7. The molecule has 1 aliphatic rings. The number of carbonyl (C=O) groups excluding carboxylic acids is 3. The van der Waals surface area contributed by atoms with Crippen molar-refractivity contribution in [2.45, 2.75) is 97.1 Å². The minimum Gasteiger partial charge on any atom is -0.461 e. The quantitative estimate of drug-likeness (QED) is 0.145. The third-order valence-corrected chi connectivity index (χ3v) is 8.23. The lowest BCUT2D eigenvalue weighted by Crippen LogP contribution is -2.47. The summed E-state index contributed by atoms with van der Waals surface area (Å²) in [6.45, 7) is 5.59. The molecule has 2 heterocycles. The maximum Gasteiger partial charge on any atom is 0.416 e. The number of esters is 1. The van der Waals surface area contributed by atoms with Gasteiger partial charge in [0.25, 0.3) is 0 Å². The zero-order chi connectivity index (χ0) is 29.8. The summed E-state index contributed by atoms with van der Waals surface area (Å²) in [4.78, 5) is 40.3. The maximum absolute atomic E-state index is 14.1. The molecule has 1 fully saturated rings. The van der Waals surface area contributed by atoms with Gasteiger partial charge in [0.05, 0.1) is 16.4 Å². The Balaban J connectivity index is 1.79. The molecule has 1 aliphatic heterocycles. The highest BCUT2D eigenvalue weighted by Gasteiger charge is 2.46. The second-order valence-corrected chi connectivity index (χ2v) is 12.0. The average molecular weight is 635 g/mol. The Morgan fingerprint density at radius 2 is 1.68 bits per heavy atom. The summed E-state index contributed by atoms with van der Waals surface area (Å²) in [5.74, 6) is -0.780. The van der Waals surface area contributed by atoms with Crippen LogP contribution in [-0.2, 0) is 31.9 Å². The topological polar surface area (TPSA) is 106 Å². The molecule has 0 spiro atoms. The van der Waals surface area contributed by atoms with Gasteiger partial charge in [0.1, 0.15) is 18.1 Å². The molecule has 0 bridgehead atoms. The Hall–Kier alpha value is -2.65. The van der Waals surface area contributed by atoms with Crippen LogP contribution >= 0.6 is 15.9 Å². The van der Waals surface area contributed by atoms with Crippen molar-refractivity contribution in [3.8, 4) is 0 Å². The second kappa shape index (κ2) is 16.7. The molecule has 2 aromatic rings. The Morgan fingerprint density at radius 3 is 2.29 bits per heavy atom. The van der Waals surface area contributed by atoms with Gasteiger partial charge in [-0.1, -0.05) is 82.7 Å². The van der Waals surface area contributed by atoms with Gasteiger partial charge in [0.15, 0.2) is 6.10 Å². The van der Waals surface area contributed by atoms with Gasteiger partial charge >= 0.3 is 12.1 Å². The first kappa shape index (κ1) is 32.9. The summed E-state index contributed by atoms with van der Waals surface area (Å²) in [5, 5.41) is 8.89. The summed E-state index contributed by atoms with van der Waals surface area (Å²) < 4.78 is 18.1. The number of benzene rings is 1. The van der Waals surface area contributed by atoms with Crippen molar-refractivity contribution in [3.63, 3.8) is 0 Å². The van der Waals surface area contributed by atoms with E-state index >= 15 is 0 Å². The molecular formula is C32H44BrNO7. The lowest BCUT2D eigenvalue weighted by Gasteiger charge is -2.30. The van der Waals surface area contributed by atoms with Crippen LogP contribution in [0, 0.1) is 11.8 Å². The Bertz CT molecular complexity index is 1120. The molecule has 2 amide bonds. The van der Waals surface area contributed by atoms with Crippen molar-refractivity contribution in [2.24, 2.45) is 11.8 Å². The number of amides is 2. The van der Waals surface area contributed by atoms with E-state index < -0.39 is 36.0 Å². The number of nitrogens with zero attached hydrogens (tertiary/aromatic N) is 1. The van der Waals surface area contributed by atoms with Gasteiger partial charge in [-0.2, -0.15) is 0 Å². The number of rotatable bonds is 17. The standard InChI is InChI=1S/C32H44BrNO7/c1-22(2)27-21-39-32(38)34(27)31(37)25(19-24-15-11-10-12-16-24)30(40-23(3)36)29-20-26(33)28(41-29)17-13-8-6-4-5-7-9-14-18-35/h10-12,15-16,20,22,25,27,30,35H,4-9,13-14,17-19,21H2,1-3H3. The van der Waals surface area contributed by atoms with Crippen molar-refractivity contribution >= 4 is 33.9 Å². The van der Waals surface area contributed by atoms with Crippen LogP contribution in [0.5, 0.6) is 0 Å². The van der Waals surface area contributed by atoms with E-state index in [1.54, 1.807) is 6.07 Å². The summed E-state index contributed by atoms with van der Waals surface area (Å²) in [7, 11) is 0. The maximum atomic E-state index is 14.1. The van der Waals surface area contributed by atoms with E-state index in [1.807, 2.05) is 44.2 Å². The van der Waals surface area contributed by atoms with Crippen molar-refractivity contribution in [1.29, 1.82) is 0 Å².